The monoisotopic (exact) mass is 423 g/mol. The van der Waals surface area contributed by atoms with Crippen molar-refractivity contribution in [3.8, 4) is 5.69 Å². The summed E-state index contributed by atoms with van der Waals surface area (Å²) in [5, 5.41) is 4.15. The Kier molecular flexibility index (Phi) is 9.15. The molecule has 142 valence electrons. The van der Waals surface area contributed by atoms with Gasteiger partial charge in [0.05, 0.1) is 11.4 Å². The molecule has 0 N–H and O–H groups in total. The first kappa shape index (κ1) is 22.8. The van der Waals surface area contributed by atoms with Crippen LogP contribution in [-0.4, -0.2) is 32.0 Å². The Morgan fingerprint density at radius 2 is 1.78 bits per heavy atom. The Morgan fingerprint density at radius 1 is 0.963 bits per heavy atom. The number of rotatable bonds is 3. The summed E-state index contributed by atoms with van der Waals surface area (Å²) in [5.74, 6) is 0. The van der Waals surface area contributed by atoms with Crippen LogP contribution in [0.15, 0.2) is 72.0 Å². The lowest BCUT2D eigenvalue weighted by Gasteiger charge is -2.16. The zero-order valence-corrected chi connectivity index (χ0v) is 16.9. The third kappa shape index (κ3) is 5.39. The van der Waals surface area contributed by atoms with Crippen molar-refractivity contribution in [2.45, 2.75) is 12.8 Å². The van der Waals surface area contributed by atoms with Crippen LogP contribution < -0.4 is 0 Å². The number of benzene rings is 1. The third-order valence-corrected chi connectivity index (χ3v) is 4.03. The Labute approximate surface area is 176 Å². The van der Waals surface area contributed by atoms with Crippen molar-refractivity contribution >= 4 is 49.0 Å². The summed E-state index contributed by atoms with van der Waals surface area (Å²) >= 11 is 0. The third-order valence-electron chi connectivity index (χ3n) is 4.03. The van der Waals surface area contributed by atoms with E-state index < -0.39 is 0 Å². The van der Waals surface area contributed by atoms with Crippen molar-refractivity contribution in [2.75, 3.05) is 6.54 Å². The molecule has 8 heteroatoms. The smallest absolute Gasteiger partial charge is 0.138 e. The van der Waals surface area contributed by atoms with Gasteiger partial charge in [-0.25, -0.2) is 9.67 Å². The van der Waals surface area contributed by atoms with Crippen LogP contribution in [0.3, 0.4) is 0 Å². The van der Waals surface area contributed by atoms with Crippen LogP contribution in [0.25, 0.3) is 11.8 Å². The molecule has 3 heterocycles. The number of pyridine rings is 1. The fourth-order valence-electron chi connectivity index (χ4n) is 2.87. The fraction of sp³-hybridized carbons (Fsp3) is 0.158. The largest absolute Gasteiger partial charge is 0.284 e. The van der Waals surface area contributed by atoms with E-state index in [1.54, 1.807) is 17.2 Å². The summed E-state index contributed by atoms with van der Waals surface area (Å²) in [6.07, 6.45) is 11.3. The maximum atomic E-state index is 4.72. The highest BCUT2D eigenvalue weighted by Crippen LogP contribution is 2.22. The molecule has 5 nitrogen and oxygen atoms in total. The van der Waals surface area contributed by atoms with E-state index >= 15 is 0 Å². The second-order valence-electron chi connectivity index (χ2n) is 5.68. The number of aliphatic imine (C=N–C) groups is 1. The van der Waals surface area contributed by atoms with Gasteiger partial charge in [-0.2, -0.15) is 5.10 Å². The van der Waals surface area contributed by atoms with Crippen molar-refractivity contribution < 1.29 is 0 Å². The van der Waals surface area contributed by atoms with Gasteiger partial charge in [-0.1, -0.05) is 12.1 Å². The zero-order chi connectivity index (χ0) is 16.2. The topological polar surface area (TPSA) is 56.0 Å². The summed E-state index contributed by atoms with van der Waals surface area (Å²) in [6.45, 7) is 0.882. The summed E-state index contributed by atoms with van der Waals surface area (Å²) in [5.41, 5.74) is 5.58. The van der Waals surface area contributed by atoms with Gasteiger partial charge < -0.3 is 0 Å². The lowest BCUT2D eigenvalue weighted by Crippen LogP contribution is -2.11. The van der Waals surface area contributed by atoms with E-state index in [2.05, 4.69) is 39.3 Å². The molecular weight excluding hydrogens is 405 g/mol. The first-order chi connectivity index (χ1) is 11.9. The molecule has 0 fully saturated rings. The van der Waals surface area contributed by atoms with Crippen LogP contribution in [-0.2, 0) is 0 Å². The van der Waals surface area contributed by atoms with Crippen molar-refractivity contribution in [1.82, 2.24) is 19.7 Å². The van der Waals surface area contributed by atoms with Gasteiger partial charge in [0.15, 0.2) is 0 Å². The fourth-order valence-corrected chi connectivity index (χ4v) is 2.87. The molecule has 27 heavy (non-hydrogen) atoms. The summed E-state index contributed by atoms with van der Waals surface area (Å²) in [4.78, 5) is 12.9. The van der Waals surface area contributed by atoms with E-state index in [-0.39, 0.29) is 37.2 Å². The van der Waals surface area contributed by atoms with Gasteiger partial charge in [-0.15, -0.1) is 37.2 Å². The predicted molar refractivity (Wildman–Crippen MR) is 116 cm³/mol. The highest BCUT2D eigenvalue weighted by molar-refractivity contribution is 6.15. The Morgan fingerprint density at radius 3 is 2.44 bits per heavy atom. The Bertz CT molecular complexity index is 875. The maximum Gasteiger partial charge on any atom is 0.138 e. The first-order valence-electron chi connectivity index (χ1n) is 8.01. The molecule has 1 aliphatic heterocycles. The van der Waals surface area contributed by atoms with Gasteiger partial charge >= 0.3 is 0 Å². The van der Waals surface area contributed by atoms with E-state index in [1.165, 1.54) is 11.9 Å². The molecule has 3 aromatic rings. The Balaban J connectivity index is 0.00000121. The van der Waals surface area contributed by atoms with Gasteiger partial charge in [0.25, 0.3) is 0 Å². The molecule has 1 aliphatic rings. The van der Waals surface area contributed by atoms with Crippen molar-refractivity contribution in [2.24, 2.45) is 4.99 Å². The minimum atomic E-state index is 0. The van der Waals surface area contributed by atoms with Crippen LogP contribution in [0.1, 0.15) is 24.0 Å². The van der Waals surface area contributed by atoms with Gasteiger partial charge in [0.2, 0.25) is 0 Å². The van der Waals surface area contributed by atoms with Crippen LogP contribution in [0.5, 0.6) is 0 Å². The summed E-state index contributed by atoms with van der Waals surface area (Å²) < 4.78 is 1.75. The normalized spacial score (nSPS) is 14.4. The van der Waals surface area contributed by atoms with E-state index in [4.69, 9.17) is 4.99 Å². The SMILES string of the molecule is C(=C1/CCCN=C1c1cccnc1)/c1ccc(-n2cncn2)cc1.Cl.Cl.Cl. The van der Waals surface area contributed by atoms with Crippen LogP contribution >= 0.6 is 37.2 Å². The van der Waals surface area contributed by atoms with Crippen LogP contribution in [0.2, 0.25) is 0 Å². The molecule has 4 rings (SSSR count). The average molecular weight is 425 g/mol. The first-order valence-corrected chi connectivity index (χ1v) is 8.01. The number of halogens is 3. The quantitative estimate of drug-likeness (QED) is 0.617. The zero-order valence-electron chi connectivity index (χ0n) is 14.4. The summed E-state index contributed by atoms with van der Waals surface area (Å²) in [7, 11) is 0. The number of hydrogen-bond donors (Lipinski definition) is 0. The highest BCUT2D eigenvalue weighted by Gasteiger charge is 2.14. The lowest BCUT2D eigenvalue weighted by molar-refractivity contribution is 0.818. The van der Waals surface area contributed by atoms with Crippen LogP contribution in [0.4, 0.5) is 0 Å². The molecule has 2 aromatic heterocycles. The van der Waals surface area contributed by atoms with Gasteiger partial charge in [-0.3, -0.25) is 9.98 Å². The van der Waals surface area contributed by atoms with E-state index in [0.29, 0.717) is 0 Å². The standard InChI is InChI=1S/C19H17N5.3ClH/c1-4-17(12-20-9-1)19-16(3-2-10-22-19)11-15-5-7-18(8-6-15)24-14-21-13-23-24;;;/h1,4-9,11-14H,2-3,10H2;3*1H/b16-11+;;;. The number of nitrogens with zero attached hydrogens (tertiary/aromatic N) is 5. The Hall–Kier alpha value is -2.21. The van der Waals surface area contributed by atoms with Crippen molar-refractivity contribution in [1.29, 1.82) is 0 Å². The molecule has 0 saturated heterocycles. The molecular formula is C19H20Cl3N5. The molecule has 0 aliphatic carbocycles. The summed E-state index contributed by atoms with van der Waals surface area (Å²) in [6, 6.07) is 12.3. The van der Waals surface area contributed by atoms with E-state index in [1.807, 2.05) is 24.4 Å². The minimum absolute atomic E-state index is 0. The highest BCUT2D eigenvalue weighted by atomic mass is 35.5. The van der Waals surface area contributed by atoms with E-state index in [9.17, 15) is 0 Å². The van der Waals surface area contributed by atoms with Crippen molar-refractivity contribution in [3.05, 3.63) is 78.1 Å². The minimum Gasteiger partial charge on any atom is -0.284 e. The second kappa shape index (κ2) is 10.8. The molecule has 0 bridgehead atoms. The lowest BCUT2D eigenvalue weighted by atomic mass is 9.95. The maximum absolute atomic E-state index is 4.72. The molecule has 0 atom stereocenters. The molecule has 0 radical (unpaired) electrons. The molecule has 1 aromatic carbocycles. The second-order valence-corrected chi connectivity index (χ2v) is 5.68. The number of hydrogen-bond acceptors (Lipinski definition) is 4. The van der Waals surface area contributed by atoms with E-state index in [0.717, 1.165) is 41.9 Å². The average Bonchev–Trinajstić information content (AvgIpc) is 3.18. The number of aromatic nitrogens is 4. The predicted octanol–water partition coefficient (Wildman–Crippen LogP) is 4.59. The van der Waals surface area contributed by atoms with Gasteiger partial charge in [0.1, 0.15) is 12.7 Å². The molecule has 0 saturated carbocycles. The molecule has 0 amide bonds. The van der Waals surface area contributed by atoms with Crippen LogP contribution in [0, 0.1) is 0 Å². The van der Waals surface area contributed by atoms with Gasteiger partial charge in [-0.05, 0) is 54.3 Å². The molecule has 0 spiro atoms. The number of allylic oxidation sites excluding steroid dienone is 1. The van der Waals surface area contributed by atoms with Crippen molar-refractivity contribution in [3.63, 3.8) is 0 Å². The van der Waals surface area contributed by atoms with Gasteiger partial charge in [0, 0.05) is 24.5 Å². The molecule has 0 unspecified atom stereocenters.